The van der Waals surface area contributed by atoms with Crippen LogP contribution in [0.2, 0.25) is 0 Å². The van der Waals surface area contributed by atoms with Gasteiger partial charge in [-0.25, -0.2) is 0 Å². The number of fused-ring (bicyclic) bond motifs is 1. The van der Waals surface area contributed by atoms with E-state index < -0.39 is 0 Å². The normalized spacial score (nSPS) is 19.5. The zero-order chi connectivity index (χ0) is 11.1. The number of hydrogen-bond acceptors (Lipinski definition) is 2. The Morgan fingerprint density at radius 1 is 1.38 bits per heavy atom. The molecule has 86 valence electrons. The molecule has 0 spiro atoms. The van der Waals surface area contributed by atoms with Gasteiger partial charge < -0.3 is 5.73 Å². The van der Waals surface area contributed by atoms with Crippen LogP contribution < -0.4 is 5.73 Å². The van der Waals surface area contributed by atoms with E-state index in [9.17, 15) is 0 Å². The molecule has 0 aromatic carbocycles. The molecule has 0 radical (unpaired) electrons. The van der Waals surface area contributed by atoms with E-state index in [1.807, 2.05) is 4.68 Å². The van der Waals surface area contributed by atoms with Crippen LogP contribution in [0.4, 0.5) is 0 Å². The fourth-order valence-electron chi connectivity index (χ4n) is 2.59. The summed E-state index contributed by atoms with van der Waals surface area (Å²) in [6, 6.07) is 0. The van der Waals surface area contributed by atoms with Crippen LogP contribution in [-0.2, 0) is 19.4 Å². The largest absolute Gasteiger partial charge is 0.382 e. The SMILES string of the molecule is N=C(N)c1c2c(nn1CC1CC1)CCCC2. The van der Waals surface area contributed by atoms with Crippen LogP contribution in [0.3, 0.4) is 0 Å². The lowest BCUT2D eigenvalue weighted by Crippen LogP contribution is -2.20. The molecular weight excluding hydrogens is 200 g/mol. The van der Waals surface area contributed by atoms with Gasteiger partial charge in [0.2, 0.25) is 0 Å². The number of nitrogens with one attached hydrogen (secondary N) is 1. The van der Waals surface area contributed by atoms with Crippen LogP contribution in [0.5, 0.6) is 0 Å². The van der Waals surface area contributed by atoms with Gasteiger partial charge in [0.15, 0.2) is 0 Å². The molecule has 0 saturated heterocycles. The standard InChI is InChI=1S/C12H18N4/c13-12(14)11-9-3-1-2-4-10(9)15-16(11)7-8-5-6-8/h8H,1-7H2,(H3,13,14). The topological polar surface area (TPSA) is 67.7 Å². The Kier molecular flexibility index (Phi) is 2.23. The Morgan fingerprint density at radius 3 is 2.81 bits per heavy atom. The predicted molar refractivity (Wildman–Crippen MR) is 62.6 cm³/mol. The van der Waals surface area contributed by atoms with Gasteiger partial charge in [-0.15, -0.1) is 0 Å². The predicted octanol–water partition coefficient (Wildman–Crippen LogP) is 1.46. The summed E-state index contributed by atoms with van der Waals surface area (Å²) < 4.78 is 2.00. The van der Waals surface area contributed by atoms with Gasteiger partial charge in [-0.05, 0) is 44.4 Å². The fraction of sp³-hybridized carbons (Fsp3) is 0.667. The van der Waals surface area contributed by atoms with Crippen molar-refractivity contribution in [1.82, 2.24) is 9.78 Å². The Hall–Kier alpha value is -1.32. The summed E-state index contributed by atoms with van der Waals surface area (Å²) in [7, 11) is 0. The van der Waals surface area contributed by atoms with Crippen LogP contribution in [0, 0.1) is 11.3 Å². The summed E-state index contributed by atoms with van der Waals surface area (Å²) in [5.74, 6) is 0.968. The van der Waals surface area contributed by atoms with Crippen molar-refractivity contribution in [2.24, 2.45) is 11.7 Å². The molecule has 2 aliphatic rings. The van der Waals surface area contributed by atoms with Gasteiger partial charge in [0.25, 0.3) is 0 Å². The first-order valence-electron chi connectivity index (χ1n) is 6.18. The van der Waals surface area contributed by atoms with E-state index in [-0.39, 0.29) is 5.84 Å². The third-order valence-corrected chi connectivity index (χ3v) is 3.61. The van der Waals surface area contributed by atoms with Crippen molar-refractivity contribution in [1.29, 1.82) is 5.41 Å². The second-order valence-corrected chi connectivity index (χ2v) is 5.02. The molecular formula is C12H18N4. The third kappa shape index (κ3) is 1.62. The van der Waals surface area contributed by atoms with E-state index in [2.05, 4.69) is 5.10 Å². The van der Waals surface area contributed by atoms with Gasteiger partial charge >= 0.3 is 0 Å². The second kappa shape index (κ2) is 3.61. The van der Waals surface area contributed by atoms with E-state index in [4.69, 9.17) is 11.1 Å². The molecule has 4 heteroatoms. The first-order chi connectivity index (χ1) is 7.75. The van der Waals surface area contributed by atoms with Gasteiger partial charge in [0.1, 0.15) is 11.5 Å². The minimum Gasteiger partial charge on any atom is -0.382 e. The van der Waals surface area contributed by atoms with Crippen molar-refractivity contribution in [3.05, 3.63) is 17.0 Å². The van der Waals surface area contributed by atoms with Gasteiger partial charge in [0.05, 0.1) is 5.69 Å². The van der Waals surface area contributed by atoms with E-state index in [1.165, 1.54) is 36.9 Å². The quantitative estimate of drug-likeness (QED) is 0.595. The van der Waals surface area contributed by atoms with Crippen molar-refractivity contribution >= 4 is 5.84 Å². The van der Waals surface area contributed by atoms with Crippen LogP contribution in [0.1, 0.15) is 42.6 Å². The average molecular weight is 218 g/mol. The summed E-state index contributed by atoms with van der Waals surface area (Å²) in [5, 5.41) is 12.4. The van der Waals surface area contributed by atoms with E-state index in [0.717, 1.165) is 31.0 Å². The lowest BCUT2D eigenvalue weighted by molar-refractivity contribution is 0.551. The third-order valence-electron chi connectivity index (χ3n) is 3.61. The van der Waals surface area contributed by atoms with Crippen molar-refractivity contribution in [2.45, 2.75) is 45.1 Å². The molecule has 4 nitrogen and oxygen atoms in total. The van der Waals surface area contributed by atoms with Gasteiger partial charge in [-0.3, -0.25) is 10.1 Å². The van der Waals surface area contributed by atoms with E-state index in [1.54, 1.807) is 0 Å². The molecule has 16 heavy (non-hydrogen) atoms. The highest BCUT2D eigenvalue weighted by atomic mass is 15.3. The highest BCUT2D eigenvalue weighted by Gasteiger charge is 2.27. The molecule has 0 atom stereocenters. The van der Waals surface area contributed by atoms with Gasteiger partial charge in [0, 0.05) is 12.1 Å². The maximum atomic E-state index is 7.71. The molecule has 1 aromatic rings. The van der Waals surface area contributed by atoms with Crippen molar-refractivity contribution in [3.63, 3.8) is 0 Å². The summed E-state index contributed by atoms with van der Waals surface area (Å²) in [5.41, 5.74) is 9.05. The molecule has 3 rings (SSSR count). The molecule has 0 unspecified atom stereocenters. The number of hydrogen-bond donors (Lipinski definition) is 2. The lowest BCUT2D eigenvalue weighted by Gasteiger charge is -2.10. The first-order valence-corrected chi connectivity index (χ1v) is 6.18. The lowest BCUT2D eigenvalue weighted by atomic mass is 9.95. The number of nitrogens with two attached hydrogens (primary N) is 1. The first kappa shape index (κ1) is 9.87. The fourth-order valence-corrected chi connectivity index (χ4v) is 2.59. The molecule has 1 heterocycles. The number of rotatable bonds is 3. The molecule has 0 amide bonds. The Labute approximate surface area is 95.3 Å². The van der Waals surface area contributed by atoms with Crippen molar-refractivity contribution in [3.8, 4) is 0 Å². The van der Waals surface area contributed by atoms with Crippen LogP contribution in [-0.4, -0.2) is 15.6 Å². The Balaban J connectivity index is 2.00. The number of nitrogen functional groups attached to an aromatic ring is 1. The van der Waals surface area contributed by atoms with Gasteiger partial charge in [-0.2, -0.15) is 5.10 Å². The molecule has 3 N–H and O–H groups in total. The van der Waals surface area contributed by atoms with E-state index in [0.29, 0.717) is 0 Å². The maximum absolute atomic E-state index is 7.71. The zero-order valence-corrected chi connectivity index (χ0v) is 9.50. The Morgan fingerprint density at radius 2 is 2.12 bits per heavy atom. The number of nitrogens with zero attached hydrogens (tertiary/aromatic N) is 2. The highest BCUT2D eigenvalue weighted by Crippen LogP contribution is 2.32. The summed E-state index contributed by atoms with van der Waals surface area (Å²) >= 11 is 0. The number of aromatic nitrogens is 2. The average Bonchev–Trinajstić information content (AvgIpc) is 2.97. The molecule has 0 aliphatic heterocycles. The second-order valence-electron chi connectivity index (χ2n) is 5.02. The van der Waals surface area contributed by atoms with Crippen LogP contribution in [0.25, 0.3) is 0 Å². The minimum absolute atomic E-state index is 0.191. The smallest absolute Gasteiger partial charge is 0.141 e. The summed E-state index contributed by atoms with van der Waals surface area (Å²) in [6.07, 6.45) is 7.17. The highest BCUT2D eigenvalue weighted by molar-refractivity contribution is 5.95. The molecule has 1 saturated carbocycles. The molecule has 0 bridgehead atoms. The monoisotopic (exact) mass is 218 g/mol. The van der Waals surface area contributed by atoms with Crippen LogP contribution in [0.15, 0.2) is 0 Å². The van der Waals surface area contributed by atoms with E-state index >= 15 is 0 Å². The van der Waals surface area contributed by atoms with Gasteiger partial charge in [-0.1, -0.05) is 0 Å². The van der Waals surface area contributed by atoms with Crippen LogP contribution >= 0.6 is 0 Å². The molecule has 1 fully saturated rings. The summed E-state index contributed by atoms with van der Waals surface area (Å²) in [6.45, 7) is 0.960. The maximum Gasteiger partial charge on any atom is 0.141 e. The Bertz CT molecular complexity index is 428. The minimum atomic E-state index is 0.191. The van der Waals surface area contributed by atoms with Crippen molar-refractivity contribution in [2.75, 3.05) is 0 Å². The van der Waals surface area contributed by atoms with Crippen molar-refractivity contribution < 1.29 is 0 Å². The zero-order valence-electron chi connectivity index (χ0n) is 9.50. The number of aryl methyl sites for hydroxylation is 1. The molecule has 1 aromatic heterocycles. The summed E-state index contributed by atoms with van der Waals surface area (Å²) in [4.78, 5) is 0. The molecule has 2 aliphatic carbocycles. The number of amidine groups is 1.